The van der Waals surface area contributed by atoms with Crippen LogP contribution in [0.1, 0.15) is 64.5 Å². The van der Waals surface area contributed by atoms with Crippen LogP contribution in [0.3, 0.4) is 0 Å². The first-order valence-corrected chi connectivity index (χ1v) is 9.57. The van der Waals surface area contributed by atoms with E-state index in [4.69, 9.17) is 4.42 Å². The van der Waals surface area contributed by atoms with E-state index in [-0.39, 0.29) is 17.5 Å². The highest BCUT2D eigenvalue weighted by Gasteiger charge is 2.55. The van der Waals surface area contributed by atoms with Gasteiger partial charge in [0.15, 0.2) is 0 Å². The van der Waals surface area contributed by atoms with Crippen molar-refractivity contribution in [1.29, 1.82) is 0 Å². The first-order chi connectivity index (χ1) is 12.4. The molecule has 0 radical (unpaired) electrons. The van der Waals surface area contributed by atoms with Gasteiger partial charge in [-0.25, -0.2) is 0 Å². The summed E-state index contributed by atoms with van der Waals surface area (Å²) < 4.78 is 5.61. The fourth-order valence-electron chi connectivity index (χ4n) is 5.22. The molecule has 4 rings (SSSR count). The molecule has 2 aromatic rings. The van der Waals surface area contributed by atoms with Crippen molar-refractivity contribution < 1.29 is 9.21 Å². The van der Waals surface area contributed by atoms with Gasteiger partial charge in [-0.2, -0.15) is 0 Å². The summed E-state index contributed by atoms with van der Waals surface area (Å²) in [6.45, 7) is 5.97. The van der Waals surface area contributed by atoms with Gasteiger partial charge in [0.1, 0.15) is 5.76 Å². The lowest BCUT2D eigenvalue weighted by Gasteiger charge is -2.40. The van der Waals surface area contributed by atoms with Gasteiger partial charge in [-0.05, 0) is 70.7 Å². The van der Waals surface area contributed by atoms with Crippen molar-refractivity contribution in [2.24, 2.45) is 0 Å². The third-order valence-electron chi connectivity index (χ3n) is 6.68. The molecule has 1 aromatic heterocycles. The summed E-state index contributed by atoms with van der Waals surface area (Å²) in [7, 11) is 2.22. The number of benzene rings is 1. The zero-order valence-corrected chi connectivity index (χ0v) is 16.1. The largest absolute Gasteiger partial charge is 0.469 e. The van der Waals surface area contributed by atoms with Crippen LogP contribution in [0, 0.1) is 20.8 Å². The Morgan fingerprint density at radius 1 is 1.23 bits per heavy atom. The van der Waals surface area contributed by atoms with E-state index in [1.807, 2.05) is 45.2 Å². The van der Waals surface area contributed by atoms with Crippen LogP contribution in [0.2, 0.25) is 0 Å². The Labute approximate surface area is 155 Å². The average Bonchev–Trinajstić information content (AvgIpc) is 3.26. The molecule has 1 amide bonds. The molecule has 4 nitrogen and oxygen atoms in total. The fraction of sp³-hybridized carbons (Fsp3) is 0.500. The van der Waals surface area contributed by atoms with Gasteiger partial charge in [0.05, 0.1) is 12.3 Å². The highest BCUT2D eigenvalue weighted by molar-refractivity contribution is 5.97. The van der Waals surface area contributed by atoms with Crippen LogP contribution in [-0.2, 0) is 0 Å². The van der Waals surface area contributed by atoms with Crippen molar-refractivity contribution in [3.05, 3.63) is 58.5 Å². The van der Waals surface area contributed by atoms with Gasteiger partial charge >= 0.3 is 0 Å². The summed E-state index contributed by atoms with van der Waals surface area (Å²) >= 11 is 0. The molecule has 0 aliphatic carbocycles. The quantitative estimate of drug-likeness (QED) is 0.892. The number of hydrogen-bond donors (Lipinski definition) is 1. The lowest BCUT2D eigenvalue weighted by atomic mass is 9.79. The zero-order valence-electron chi connectivity index (χ0n) is 16.1. The number of nitrogens with one attached hydrogen (secondary N) is 1. The Bertz CT molecular complexity index is 810. The molecule has 2 aliphatic rings. The first kappa shape index (κ1) is 17.3. The minimum atomic E-state index is -0.0519. The normalized spacial score (nSPS) is 26.2. The van der Waals surface area contributed by atoms with E-state index >= 15 is 0 Å². The van der Waals surface area contributed by atoms with Gasteiger partial charge in [0, 0.05) is 22.7 Å². The number of nitrogens with zero attached hydrogens (tertiary/aromatic N) is 1. The van der Waals surface area contributed by atoms with E-state index in [2.05, 4.69) is 23.3 Å². The molecule has 1 atom stereocenters. The second-order valence-electron chi connectivity index (χ2n) is 8.11. The molecular weight excluding hydrogens is 324 g/mol. The molecule has 2 saturated heterocycles. The smallest absolute Gasteiger partial charge is 0.252 e. The lowest BCUT2D eigenvalue weighted by molar-refractivity contribution is 0.0836. The summed E-state index contributed by atoms with van der Waals surface area (Å²) in [6.07, 6.45) is 6.48. The van der Waals surface area contributed by atoms with E-state index < -0.39 is 0 Å². The predicted octanol–water partition coefficient (Wildman–Crippen LogP) is 4.30. The van der Waals surface area contributed by atoms with Gasteiger partial charge in [0.25, 0.3) is 5.91 Å². The molecule has 1 N–H and O–H groups in total. The summed E-state index contributed by atoms with van der Waals surface area (Å²) in [5.74, 6) is 0.903. The van der Waals surface area contributed by atoms with E-state index in [1.165, 1.54) is 12.8 Å². The zero-order chi connectivity index (χ0) is 18.5. The second-order valence-corrected chi connectivity index (χ2v) is 8.11. The van der Waals surface area contributed by atoms with E-state index in [1.54, 1.807) is 0 Å². The average molecular weight is 352 g/mol. The minimum absolute atomic E-state index is 0.00672. The Hall–Kier alpha value is -2.07. The monoisotopic (exact) mass is 352 g/mol. The van der Waals surface area contributed by atoms with Crippen molar-refractivity contribution in [3.63, 3.8) is 0 Å². The molecular formula is C22H28N2O2. The molecule has 4 heteroatoms. The van der Waals surface area contributed by atoms with Gasteiger partial charge in [0.2, 0.25) is 0 Å². The van der Waals surface area contributed by atoms with Crippen LogP contribution in [-0.4, -0.2) is 29.4 Å². The summed E-state index contributed by atoms with van der Waals surface area (Å²) in [6, 6.07) is 8.67. The van der Waals surface area contributed by atoms with Gasteiger partial charge in [-0.1, -0.05) is 18.2 Å². The standard InChI is InChI=1S/C22H28N2O2/c1-14-6-5-7-15(2)19(14)21(25)23-20(17-12-16(3)26-13-17)22-10-8-18(9-11-22)24(22)4/h5-7,12-13,18,20H,8-11H2,1-4H3,(H,23,25). The third kappa shape index (κ3) is 2.59. The molecule has 3 heterocycles. The number of aryl methyl sites for hydroxylation is 3. The van der Waals surface area contributed by atoms with Crippen LogP contribution in [0.4, 0.5) is 0 Å². The Morgan fingerprint density at radius 2 is 1.88 bits per heavy atom. The van der Waals surface area contributed by atoms with E-state index in [0.717, 1.165) is 40.9 Å². The molecule has 2 aliphatic heterocycles. The highest BCUT2D eigenvalue weighted by Crippen LogP contribution is 2.52. The van der Waals surface area contributed by atoms with Crippen molar-refractivity contribution >= 4 is 5.91 Å². The van der Waals surface area contributed by atoms with Crippen molar-refractivity contribution in [2.45, 2.75) is 64.1 Å². The molecule has 2 fully saturated rings. The molecule has 26 heavy (non-hydrogen) atoms. The Morgan fingerprint density at radius 3 is 2.38 bits per heavy atom. The topological polar surface area (TPSA) is 45.5 Å². The number of hydrogen-bond acceptors (Lipinski definition) is 3. The minimum Gasteiger partial charge on any atom is -0.469 e. The molecule has 0 spiro atoms. The number of rotatable bonds is 4. The van der Waals surface area contributed by atoms with Crippen LogP contribution in [0.5, 0.6) is 0 Å². The SMILES string of the molecule is Cc1cc(C(NC(=O)c2c(C)cccc2C)C23CCC(CC2)N3C)co1. The summed E-state index contributed by atoms with van der Waals surface area (Å²) in [5.41, 5.74) is 3.91. The summed E-state index contributed by atoms with van der Waals surface area (Å²) in [4.78, 5) is 15.8. The predicted molar refractivity (Wildman–Crippen MR) is 102 cm³/mol. The summed E-state index contributed by atoms with van der Waals surface area (Å²) in [5, 5.41) is 3.39. The van der Waals surface area contributed by atoms with E-state index in [0.29, 0.717) is 6.04 Å². The van der Waals surface area contributed by atoms with Crippen LogP contribution in [0.15, 0.2) is 34.9 Å². The molecule has 1 unspecified atom stereocenters. The number of carbonyl (C=O) groups excluding carboxylic acids is 1. The Balaban J connectivity index is 1.72. The number of amides is 1. The van der Waals surface area contributed by atoms with Gasteiger partial charge < -0.3 is 9.73 Å². The maximum Gasteiger partial charge on any atom is 0.252 e. The van der Waals surface area contributed by atoms with Gasteiger partial charge in [-0.15, -0.1) is 0 Å². The number of furan rings is 1. The van der Waals surface area contributed by atoms with E-state index in [9.17, 15) is 4.79 Å². The van der Waals surface area contributed by atoms with Crippen molar-refractivity contribution in [3.8, 4) is 0 Å². The highest BCUT2D eigenvalue weighted by atomic mass is 16.3. The van der Waals surface area contributed by atoms with Crippen LogP contribution in [0.25, 0.3) is 0 Å². The Kier molecular flexibility index (Phi) is 4.19. The van der Waals surface area contributed by atoms with Crippen molar-refractivity contribution in [1.82, 2.24) is 10.2 Å². The maximum atomic E-state index is 13.3. The van der Waals surface area contributed by atoms with Crippen LogP contribution < -0.4 is 5.32 Å². The number of carbonyl (C=O) groups is 1. The lowest BCUT2D eigenvalue weighted by Crippen LogP contribution is -2.51. The first-order valence-electron chi connectivity index (χ1n) is 9.57. The van der Waals surface area contributed by atoms with Crippen LogP contribution >= 0.6 is 0 Å². The second kappa shape index (κ2) is 6.27. The fourth-order valence-corrected chi connectivity index (χ4v) is 5.22. The molecule has 138 valence electrons. The third-order valence-corrected chi connectivity index (χ3v) is 6.68. The number of fused-ring (bicyclic) bond motifs is 2. The van der Waals surface area contributed by atoms with Gasteiger partial charge in [-0.3, -0.25) is 9.69 Å². The van der Waals surface area contributed by atoms with Crippen molar-refractivity contribution in [2.75, 3.05) is 7.05 Å². The maximum absolute atomic E-state index is 13.3. The molecule has 2 bridgehead atoms. The molecule has 1 aromatic carbocycles. The molecule has 0 saturated carbocycles. The number of likely N-dealkylation sites (N-methyl/N-ethyl adjacent to an activating group) is 1.